The minimum Gasteiger partial charge on any atom is -0.449 e. The SMILES string of the molecule is CC(OC(=O)c1cc2ccccc2nc1N1CCCC1)C(=O)Nc1ccccc1OC(F)F. The van der Waals surface area contributed by atoms with E-state index >= 15 is 0 Å². The molecular formula is C24H23F2N3O4. The van der Waals surface area contributed by atoms with Crippen LogP contribution in [0.4, 0.5) is 20.3 Å². The molecule has 0 radical (unpaired) electrons. The lowest BCUT2D eigenvalue weighted by Crippen LogP contribution is -2.31. The number of aromatic nitrogens is 1. The topological polar surface area (TPSA) is 80.8 Å². The maximum Gasteiger partial charge on any atom is 0.387 e. The number of anilines is 2. The molecule has 0 bridgehead atoms. The van der Waals surface area contributed by atoms with E-state index in [1.807, 2.05) is 29.2 Å². The Kier molecular flexibility index (Phi) is 6.67. The van der Waals surface area contributed by atoms with Gasteiger partial charge in [0.25, 0.3) is 5.91 Å². The normalized spacial score (nSPS) is 14.4. The second kappa shape index (κ2) is 9.81. The molecule has 1 atom stereocenters. The number of alkyl halides is 2. The van der Waals surface area contributed by atoms with Crippen molar-refractivity contribution in [1.29, 1.82) is 0 Å². The first-order valence-electron chi connectivity index (χ1n) is 10.6. The fourth-order valence-corrected chi connectivity index (χ4v) is 3.71. The van der Waals surface area contributed by atoms with Gasteiger partial charge in [-0.3, -0.25) is 4.79 Å². The average Bonchev–Trinajstić information content (AvgIpc) is 3.34. The molecule has 0 aliphatic carbocycles. The number of nitrogens with one attached hydrogen (secondary N) is 1. The summed E-state index contributed by atoms with van der Waals surface area (Å²) in [5.41, 5.74) is 1.09. The van der Waals surface area contributed by atoms with Gasteiger partial charge in [0, 0.05) is 18.5 Å². The van der Waals surface area contributed by atoms with Crippen molar-refractivity contribution in [2.75, 3.05) is 23.3 Å². The summed E-state index contributed by atoms with van der Waals surface area (Å²) < 4.78 is 35.1. The lowest BCUT2D eigenvalue weighted by Gasteiger charge is -2.21. The Hall–Kier alpha value is -3.75. The zero-order valence-corrected chi connectivity index (χ0v) is 18.0. The third-order valence-corrected chi connectivity index (χ3v) is 5.34. The molecule has 0 saturated carbocycles. The van der Waals surface area contributed by atoms with E-state index in [2.05, 4.69) is 15.0 Å². The van der Waals surface area contributed by atoms with Crippen LogP contribution in [0, 0.1) is 0 Å². The van der Waals surface area contributed by atoms with E-state index in [0.29, 0.717) is 5.82 Å². The third kappa shape index (κ3) is 5.19. The Bertz CT molecular complexity index is 1170. The van der Waals surface area contributed by atoms with Crippen molar-refractivity contribution in [3.63, 3.8) is 0 Å². The van der Waals surface area contributed by atoms with Gasteiger partial charge in [-0.05, 0) is 44.0 Å². The molecule has 1 saturated heterocycles. The van der Waals surface area contributed by atoms with Crippen molar-refractivity contribution in [2.24, 2.45) is 0 Å². The van der Waals surface area contributed by atoms with Crippen molar-refractivity contribution in [3.8, 4) is 5.75 Å². The maximum absolute atomic E-state index is 13.1. The van der Waals surface area contributed by atoms with Crippen molar-refractivity contribution in [2.45, 2.75) is 32.5 Å². The van der Waals surface area contributed by atoms with Crippen molar-refractivity contribution in [1.82, 2.24) is 4.98 Å². The van der Waals surface area contributed by atoms with E-state index in [1.54, 1.807) is 12.1 Å². The van der Waals surface area contributed by atoms with Crippen LogP contribution in [0.15, 0.2) is 54.6 Å². The number of carbonyl (C=O) groups excluding carboxylic acids is 2. The fraction of sp³-hybridized carbons (Fsp3) is 0.292. The van der Waals surface area contributed by atoms with Crippen molar-refractivity contribution in [3.05, 3.63) is 60.2 Å². The zero-order valence-electron chi connectivity index (χ0n) is 18.0. The molecule has 2 heterocycles. The Morgan fingerprint density at radius 1 is 1.06 bits per heavy atom. The largest absolute Gasteiger partial charge is 0.449 e. The molecule has 172 valence electrons. The summed E-state index contributed by atoms with van der Waals surface area (Å²) in [5.74, 6) is -1.02. The summed E-state index contributed by atoms with van der Waals surface area (Å²) >= 11 is 0. The summed E-state index contributed by atoms with van der Waals surface area (Å²) in [6.45, 7) is -0.0679. The number of carbonyl (C=O) groups is 2. The number of para-hydroxylation sites is 3. The van der Waals surface area contributed by atoms with Gasteiger partial charge in [0.1, 0.15) is 17.1 Å². The third-order valence-electron chi connectivity index (χ3n) is 5.34. The highest BCUT2D eigenvalue weighted by Gasteiger charge is 2.26. The Morgan fingerprint density at radius 2 is 1.76 bits per heavy atom. The van der Waals surface area contributed by atoms with E-state index in [9.17, 15) is 18.4 Å². The van der Waals surface area contributed by atoms with Crippen LogP contribution in [-0.4, -0.2) is 42.7 Å². The van der Waals surface area contributed by atoms with E-state index in [0.717, 1.165) is 36.8 Å². The van der Waals surface area contributed by atoms with Gasteiger partial charge in [0.2, 0.25) is 0 Å². The molecule has 3 aromatic rings. The van der Waals surface area contributed by atoms with Gasteiger partial charge in [-0.1, -0.05) is 30.3 Å². The molecule has 1 N–H and O–H groups in total. The summed E-state index contributed by atoms with van der Waals surface area (Å²) in [6.07, 6.45) is 0.819. The van der Waals surface area contributed by atoms with Crippen LogP contribution in [0.3, 0.4) is 0 Å². The average molecular weight is 455 g/mol. The van der Waals surface area contributed by atoms with Gasteiger partial charge in [0.15, 0.2) is 6.10 Å². The van der Waals surface area contributed by atoms with E-state index in [1.165, 1.54) is 25.1 Å². The standard InChI is InChI=1S/C24H23F2N3O4/c1-15(22(30)28-19-10-4-5-11-20(19)33-24(25)26)32-23(31)17-14-16-8-2-3-9-18(16)27-21(17)29-12-6-7-13-29/h2-5,8-11,14-15,24H,6-7,12-13H2,1H3,(H,28,30). The van der Waals surface area contributed by atoms with E-state index in [4.69, 9.17) is 4.74 Å². The molecule has 0 spiro atoms. The lowest BCUT2D eigenvalue weighted by molar-refractivity contribution is -0.123. The van der Waals surface area contributed by atoms with Crippen LogP contribution in [-0.2, 0) is 9.53 Å². The molecule has 1 aromatic heterocycles. The minimum absolute atomic E-state index is 0.0517. The van der Waals surface area contributed by atoms with Crippen molar-refractivity contribution >= 4 is 34.3 Å². The number of pyridine rings is 1. The highest BCUT2D eigenvalue weighted by molar-refractivity contribution is 6.02. The number of fused-ring (bicyclic) bond motifs is 1. The quantitative estimate of drug-likeness (QED) is 0.524. The Balaban J connectivity index is 1.53. The Labute approximate surface area is 189 Å². The first kappa shape index (κ1) is 22.4. The summed E-state index contributed by atoms with van der Waals surface area (Å²) in [7, 11) is 0. The van der Waals surface area contributed by atoms with Crippen LogP contribution in [0.5, 0.6) is 5.75 Å². The van der Waals surface area contributed by atoms with Gasteiger partial charge < -0.3 is 19.7 Å². The van der Waals surface area contributed by atoms with Gasteiger partial charge >= 0.3 is 12.6 Å². The first-order chi connectivity index (χ1) is 15.9. The second-order valence-corrected chi connectivity index (χ2v) is 7.66. The van der Waals surface area contributed by atoms with Crippen LogP contribution in [0.2, 0.25) is 0 Å². The molecule has 1 aliphatic rings. The van der Waals surface area contributed by atoms with Gasteiger partial charge in [0.05, 0.1) is 11.2 Å². The number of benzene rings is 2. The lowest BCUT2D eigenvalue weighted by atomic mass is 10.1. The first-order valence-corrected chi connectivity index (χ1v) is 10.6. The fourth-order valence-electron chi connectivity index (χ4n) is 3.71. The van der Waals surface area contributed by atoms with Gasteiger partial charge in [-0.15, -0.1) is 0 Å². The molecule has 1 aliphatic heterocycles. The molecule has 33 heavy (non-hydrogen) atoms. The van der Waals surface area contributed by atoms with Crippen LogP contribution < -0.4 is 15.0 Å². The summed E-state index contributed by atoms with van der Waals surface area (Å²) in [5, 5.41) is 3.25. The molecular weight excluding hydrogens is 432 g/mol. The predicted octanol–water partition coefficient (Wildman–Crippen LogP) is 4.62. The van der Waals surface area contributed by atoms with E-state index < -0.39 is 24.6 Å². The summed E-state index contributed by atoms with van der Waals surface area (Å²) in [4.78, 5) is 32.4. The van der Waals surface area contributed by atoms with Crippen LogP contribution in [0.25, 0.3) is 10.9 Å². The van der Waals surface area contributed by atoms with Crippen LogP contribution >= 0.6 is 0 Å². The molecule has 1 amide bonds. The number of amides is 1. The molecule has 1 unspecified atom stereocenters. The molecule has 4 rings (SSSR count). The number of halogens is 2. The Morgan fingerprint density at radius 3 is 2.52 bits per heavy atom. The predicted molar refractivity (Wildman–Crippen MR) is 120 cm³/mol. The van der Waals surface area contributed by atoms with Crippen LogP contribution in [0.1, 0.15) is 30.1 Å². The second-order valence-electron chi connectivity index (χ2n) is 7.66. The number of hydrogen-bond donors (Lipinski definition) is 1. The number of rotatable bonds is 7. The summed E-state index contributed by atoms with van der Waals surface area (Å²) in [6, 6.07) is 15.0. The van der Waals surface area contributed by atoms with Gasteiger partial charge in [-0.2, -0.15) is 8.78 Å². The highest BCUT2D eigenvalue weighted by Crippen LogP contribution is 2.28. The molecule has 7 nitrogen and oxygen atoms in total. The van der Waals surface area contributed by atoms with Gasteiger partial charge in [-0.25, -0.2) is 9.78 Å². The minimum atomic E-state index is -3.04. The number of ether oxygens (including phenoxy) is 2. The number of nitrogens with zero attached hydrogens (tertiary/aromatic N) is 2. The van der Waals surface area contributed by atoms with E-state index in [-0.39, 0.29) is 17.0 Å². The maximum atomic E-state index is 13.1. The number of hydrogen-bond acceptors (Lipinski definition) is 6. The zero-order chi connectivity index (χ0) is 23.4. The molecule has 9 heteroatoms. The van der Waals surface area contributed by atoms with Crippen molar-refractivity contribution < 1.29 is 27.8 Å². The molecule has 2 aromatic carbocycles. The smallest absolute Gasteiger partial charge is 0.387 e. The number of esters is 1. The monoisotopic (exact) mass is 455 g/mol. The molecule has 1 fully saturated rings. The highest BCUT2D eigenvalue weighted by atomic mass is 19.3.